The average Bonchev–Trinajstić information content (AvgIpc) is 3.00. The minimum absolute atomic E-state index is 0.113. The number of nitrogens with one attached hydrogen (secondary N) is 1. The molecule has 120 valence electrons. The predicted octanol–water partition coefficient (Wildman–Crippen LogP) is 3.17. The molecule has 3 rings (SSSR count). The van der Waals surface area contributed by atoms with E-state index in [0.29, 0.717) is 4.88 Å². The quantitative estimate of drug-likeness (QED) is 0.793. The first-order chi connectivity index (χ1) is 11.6. The zero-order valence-electron chi connectivity index (χ0n) is 12.3. The fourth-order valence-electron chi connectivity index (χ4n) is 2.20. The van der Waals surface area contributed by atoms with Crippen LogP contribution >= 0.6 is 11.3 Å². The molecule has 3 aromatic rings. The van der Waals surface area contributed by atoms with Crippen molar-refractivity contribution in [1.29, 1.82) is 0 Å². The first-order valence-electron chi connectivity index (χ1n) is 7.02. The van der Waals surface area contributed by atoms with Crippen molar-refractivity contribution in [3.05, 3.63) is 77.6 Å². The number of carboxylic acids is 1. The summed E-state index contributed by atoms with van der Waals surface area (Å²) in [5.74, 6) is -2.79. The molecular formula is C18H11FNO3S-. The number of carboxylic acid groups (broad SMARTS) is 1. The van der Waals surface area contributed by atoms with E-state index in [1.54, 1.807) is 0 Å². The number of carbonyl (C=O) groups excluding carboxylic acids is 2. The van der Waals surface area contributed by atoms with E-state index in [0.717, 1.165) is 16.9 Å². The zero-order valence-corrected chi connectivity index (χ0v) is 13.1. The molecule has 1 amide bonds. The molecule has 0 aliphatic heterocycles. The van der Waals surface area contributed by atoms with Crippen molar-refractivity contribution in [3.8, 4) is 10.4 Å². The van der Waals surface area contributed by atoms with Crippen LogP contribution in [0, 0.1) is 5.82 Å². The van der Waals surface area contributed by atoms with Gasteiger partial charge in [0.15, 0.2) is 0 Å². The predicted molar refractivity (Wildman–Crippen MR) is 88.4 cm³/mol. The van der Waals surface area contributed by atoms with Gasteiger partial charge in [-0.1, -0.05) is 42.5 Å². The van der Waals surface area contributed by atoms with Crippen LogP contribution in [0.3, 0.4) is 0 Å². The molecule has 1 aromatic heterocycles. The Kier molecular flexibility index (Phi) is 4.39. The maximum Gasteiger partial charge on any atom is 0.259 e. The van der Waals surface area contributed by atoms with Gasteiger partial charge in [0.05, 0.1) is 11.5 Å². The second-order valence-electron chi connectivity index (χ2n) is 4.94. The van der Waals surface area contributed by atoms with Gasteiger partial charge in [-0.25, -0.2) is 4.39 Å². The van der Waals surface area contributed by atoms with Gasteiger partial charge in [-0.2, -0.15) is 0 Å². The summed E-state index contributed by atoms with van der Waals surface area (Å²) in [6.45, 7) is 0. The van der Waals surface area contributed by atoms with Crippen LogP contribution in [0.25, 0.3) is 10.4 Å². The van der Waals surface area contributed by atoms with Crippen molar-refractivity contribution in [2.75, 3.05) is 5.32 Å². The Morgan fingerprint density at radius 1 is 0.958 bits per heavy atom. The summed E-state index contributed by atoms with van der Waals surface area (Å²) >= 11 is 1.09. The van der Waals surface area contributed by atoms with Crippen LogP contribution in [-0.2, 0) is 0 Å². The third-order valence-electron chi connectivity index (χ3n) is 3.36. The van der Waals surface area contributed by atoms with Crippen LogP contribution in [0.1, 0.15) is 20.7 Å². The summed E-state index contributed by atoms with van der Waals surface area (Å²) < 4.78 is 13.7. The van der Waals surface area contributed by atoms with Crippen molar-refractivity contribution in [1.82, 2.24) is 0 Å². The Hall–Kier alpha value is -2.99. The molecule has 0 aliphatic carbocycles. The minimum Gasteiger partial charge on any atom is -0.545 e. The normalized spacial score (nSPS) is 10.4. The van der Waals surface area contributed by atoms with Crippen molar-refractivity contribution >= 4 is 28.2 Å². The van der Waals surface area contributed by atoms with Crippen molar-refractivity contribution in [2.24, 2.45) is 0 Å². The summed E-state index contributed by atoms with van der Waals surface area (Å²) in [6, 6.07) is 16.1. The molecule has 0 bridgehead atoms. The molecule has 0 spiro atoms. The van der Waals surface area contributed by atoms with E-state index in [4.69, 9.17) is 0 Å². The van der Waals surface area contributed by atoms with E-state index in [-0.39, 0.29) is 16.1 Å². The van der Waals surface area contributed by atoms with Crippen LogP contribution in [0.15, 0.2) is 60.7 Å². The molecule has 0 aliphatic rings. The van der Waals surface area contributed by atoms with E-state index in [1.165, 1.54) is 30.3 Å². The Morgan fingerprint density at radius 3 is 2.29 bits per heavy atom. The van der Waals surface area contributed by atoms with E-state index in [2.05, 4.69) is 5.32 Å². The Balaban J connectivity index is 1.96. The second-order valence-corrected chi connectivity index (χ2v) is 5.99. The number of thiophene rings is 1. The first kappa shape index (κ1) is 15.9. The van der Waals surface area contributed by atoms with Gasteiger partial charge in [-0.15, -0.1) is 11.3 Å². The van der Waals surface area contributed by atoms with Gasteiger partial charge in [-0.05, 0) is 23.8 Å². The maximum atomic E-state index is 13.7. The Bertz CT molecular complexity index is 906. The smallest absolute Gasteiger partial charge is 0.259 e. The molecule has 0 atom stereocenters. The average molecular weight is 340 g/mol. The first-order valence-corrected chi connectivity index (χ1v) is 7.84. The maximum absolute atomic E-state index is 13.7. The van der Waals surface area contributed by atoms with Gasteiger partial charge in [0, 0.05) is 10.4 Å². The molecule has 4 nitrogen and oxygen atoms in total. The van der Waals surface area contributed by atoms with Gasteiger partial charge in [-0.3, -0.25) is 4.79 Å². The highest BCUT2D eigenvalue weighted by Crippen LogP contribution is 2.35. The molecule has 0 fully saturated rings. The monoisotopic (exact) mass is 340 g/mol. The number of anilines is 1. The summed E-state index contributed by atoms with van der Waals surface area (Å²) in [5, 5.41) is 13.9. The number of hydrogen-bond acceptors (Lipinski definition) is 4. The lowest BCUT2D eigenvalue weighted by molar-refractivity contribution is -0.254. The van der Waals surface area contributed by atoms with Gasteiger partial charge < -0.3 is 15.2 Å². The second kappa shape index (κ2) is 6.64. The fraction of sp³-hybridized carbons (Fsp3) is 0. The molecule has 1 heterocycles. The number of carbonyl (C=O) groups is 2. The summed E-state index contributed by atoms with van der Waals surface area (Å²) in [6.07, 6.45) is 0. The van der Waals surface area contributed by atoms with Gasteiger partial charge in [0.25, 0.3) is 5.91 Å². The lowest BCUT2D eigenvalue weighted by atomic mass is 10.1. The number of hydrogen-bond donors (Lipinski definition) is 1. The molecule has 24 heavy (non-hydrogen) atoms. The minimum atomic E-state index is -1.41. The number of halogens is 1. The SMILES string of the molecule is O=C(Nc1sc(-c2ccccc2)cc1C(=O)[O-])c1ccccc1F. The van der Waals surface area contributed by atoms with Gasteiger partial charge in [0.2, 0.25) is 0 Å². The molecule has 0 saturated carbocycles. The summed E-state index contributed by atoms with van der Waals surface area (Å²) in [5.41, 5.74) is 0.524. The van der Waals surface area contributed by atoms with Crippen LogP contribution in [0.5, 0.6) is 0 Å². The Morgan fingerprint density at radius 2 is 1.62 bits per heavy atom. The lowest BCUT2D eigenvalue weighted by Gasteiger charge is -2.07. The molecule has 6 heteroatoms. The molecule has 0 unspecified atom stereocenters. The number of rotatable bonds is 4. The van der Waals surface area contributed by atoms with Crippen molar-refractivity contribution in [2.45, 2.75) is 0 Å². The van der Waals surface area contributed by atoms with Crippen LogP contribution in [0.2, 0.25) is 0 Å². The zero-order chi connectivity index (χ0) is 17.1. The summed E-state index contributed by atoms with van der Waals surface area (Å²) in [4.78, 5) is 24.2. The number of aromatic carboxylic acids is 1. The molecule has 1 N–H and O–H groups in total. The van der Waals surface area contributed by atoms with Gasteiger partial charge in [0.1, 0.15) is 10.8 Å². The molecule has 2 aromatic carbocycles. The van der Waals surface area contributed by atoms with Crippen molar-refractivity contribution in [3.63, 3.8) is 0 Å². The van der Waals surface area contributed by atoms with Crippen LogP contribution in [-0.4, -0.2) is 11.9 Å². The van der Waals surface area contributed by atoms with Crippen LogP contribution < -0.4 is 10.4 Å². The third kappa shape index (κ3) is 3.18. The molecule has 0 saturated heterocycles. The highest BCUT2D eigenvalue weighted by Gasteiger charge is 2.17. The van der Waals surface area contributed by atoms with Crippen molar-refractivity contribution < 1.29 is 19.1 Å². The highest BCUT2D eigenvalue weighted by atomic mass is 32.1. The summed E-state index contributed by atoms with van der Waals surface area (Å²) in [7, 11) is 0. The molecule has 0 radical (unpaired) electrons. The van der Waals surface area contributed by atoms with E-state index in [9.17, 15) is 19.1 Å². The van der Waals surface area contributed by atoms with E-state index < -0.39 is 17.7 Å². The third-order valence-corrected chi connectivity index (χ3v) is 4.46. The highest BCUT2D eigenvalue weighted by molar-refractivity contribution is 7.20. The van der Waals surface area contributed by atoms with E-state index in [1.807, 2.05) is 30.3 Å². The number of amides is 1. The molecular weight excluding hydrogens is 329 g/mol. The Labute approximate surface area is 141 Å². The van der Waals surface area contributed by atoms with Crippen LogP contribution in [0.4, 0.5) is 9.39 Å². The standard InChI is InChI=1S/C18H12FNO3S/c19-14-9-5-4-8-12(14)16(21)20-17-13(18(22)23)10-15(24-17)11-6-2-1-3-7-11/h1-10H,(H,20,21)(H,22,23)/p-1. The lowest BCUT2D eigenvalue weighted by Crippen LogP contribution is -2.23. The largest absolute Gasteiger partial charge is 0.545 e. The number of benzene rings is 2. The van der Waals surface area contributed by atoms with E-state index >= 15 is 0 Å². The topological polar surface area (TPSA) is 69.2 Å². The van der Waals surface area contributed by atoms with Gasteiger partial charge >= 0.3 is 0 Å². The fourth-order valence-corrected chi connectivity index (χ4v) is 3.24.